The topological polar surface area (TPSA) is 25.0 Å². The van der Waals surface area contributed by atoms with Crippen LogP contribution < -0.4 is 4.74 Å². The lowest BCUT2D eigenvalue weighted by atomic mass is 9.87. The third kappa shape index (κ3) is 3.54. The highest BCUT2D eigenvalue weighted by Gasteiger charge is 2.27. The largest absolute Gasteiger partial charge is 0.497 e. The van der Waals surface area contributed by atoms with Gasteiger partial charge in [-0.2, -0.15) is 0 Å². The molecule has 2 nitrogen and oxygen atoms in total. The average molecular weight is 440 g/mol. The first-order valence-electron chi connectivity index (χ1n) is 11.6. The number of fused-ring (bicyclic) bond motifs is 3. The molecule has 0 saturated carbocycles. The van der Waals surface area contributed by atoms with Crippen LogP contribution in [0.25, 0.3) is 22.0 Å². The van der Waals surface area contributed by atoms with E-state index in [1.807, 2.05) is 6.07 Å². The van der Waals surface area contributed by atoms with Crippen molar-refractivity contribution in [2.45, 2.75) is 5.92 Å². The Balaban J connectivity index is 1.70. The van der Waals surface area contributed by atoms with Gasteiger partial charge in [0.1, 0.15) is 5.75 Å². The zero-order chi connectivity index (χ0) is 22.9. The summed E-state index contributed by atoms with van der Waals surface area (Å²) in [7, 11) is 1.73. The molecule has 0 bridgehead atoms. The average Bonchev–Trinajstić information content (AvgIpc) is 3.19. The van der Waals surface area contributed by atoms with Crippen molar-refractivity contribution in [3.05, 3.63) is 149 Å². The second kappa shape index (κ2) is 8.57. The zero-order valence-electron chi connectivity index (χ0n) is 19.0. The third-order valence-corrected chi connectivity index (χ3v) is 6.62. The van der Waals surface area contributed by atoms with Crippen molar-refractivity contribution in [3.63, 3.8) is 0 Å². The first-order valence-corrected chi connectivity index (χ1v) is 11.6. The van der Waals surface area contributed by atoms with Crippen LogP contribution in [-0.4, -0.2) is 12.1 Å². The quantitative estimate of drug-likeness (QED) is 0.303. The molecule has 0 radical (unpaired) electrons. The first-order chi connectivity index (χ1) is 16.8. The number of rotatable bonds is 4. The molecule has 4 aromatic carbocycles. The van der Waals surface area contributed by atoms with E-state index < -0.39 is 0 Å². The van der Waals surface area contributed by atoms with E-state index >= 15 is 0 Å². The standard InChI is InChI=1S/C32H25NO/c1-34-26-17-18-30-29(21-26)31-27(23-13-7-3-8-14-23)19-25(22-11-5-2-6-12-22)20-28(32(31)33-30)24-15-9-4-10-16-24/h2-21,27,33H,1H3/t27-/m0/s1. The summed E-state index contributed by atoms with van der Waals surface area (Å²) in [5.74, 6) is 0.951. The van der Waals surface area contributed by atoms with Gasteiger partial charge >= 0.3 is 0 Å². The van der Waals surface area contributed by atoms with Gasteiger partial charge in [-0.25, -0.2) is 0 Å². The number of aromatic nitrogens is 1. The number of allylic oxidation sites excluding steroid dienone is 3. The van der Waals surface area contributed by atoms with Crippen LogP contribution in [0.1, 0.15) is 33.9 Å². The van der Waals surface area contributed by atoms with Crippen LogP contribution in [0.2, 0.25) is 0 Å². The molecule has 0 aliphatic heterocycles. The Hall–Kier alpha value is -4.30. The van der Waals surface area contributed by atoms with Gasteiger partial charge in [0.2, 0.25) is 0 Å². The van der Waals surface area contributed by atoms with Crippen molar-refractivity contribution in [1.82, 2.24) is 4.98 Å². The van der Waals surface area contributed by atoms with Crippen molar-refractivity contribution >= 4 is 22.0 Å². The minimum atomic E-state index is 0.0877. The van der Waals surface area contributed by atoms with E-state index in [1.165, 1.54) is 38.8 Å². The Labute approximate surface area is 199 Å². The van der Waals surface area contributed by atoms with E-state index in [9.17, 15) is 0 Å². The van der Waals surface area contributed by atoms with Crippen LogP contribution in [0, 0.1) is 0 Å². The van der Waals surface area contributed by atoms with Crippen molar-refractivity contribution in [1.29, 1.82) is 0 Å². The molecule has 0 amide bonds. The van der Waals surface area contributed by atoms with E-state index in [0.29, 0.717) is 0 Å². The molecule has 1 aliphatic rings. The van der Waals surface area contributed by atoms with Crippen LogP contribution in [0.15, 0.2) is 121 Å². The highest BCUT2D eigenvalue weighted by molar-refractivity contribution is 5.99. The minimum absolute atomic E-state index is 0.0877. The summed E-state index contributed by atoms with van der Waals surface area (Å²) >= 11 is 0. The van der Waals surface area contributed by atoms with E-state index in [0.717, 1.165) is 17.0 Å². The zero-order valence-corrected chi connectivity index (χ0v) is 19.0. The van der Waals surface area contributed by atoms with Gasteiger partial charge in [0.05, 0.1) is 12.8 Å². The second-order valence-electron chi connectivity index (χ2n) is 8.63. The number of nitrogens with one attached hydrogen (secondary N) is 1. The molecule has 0 saturated heterocycles. The Morgan fingerprint density at radius 3 is 2.03 bits per heavy atom. The molecule has 0 fully saturated rings. The molecule has 164 valence electrons. The molecular formula is C32H25NO. The maximum atomic E-state index is 5.61. The van der Waals surface area contributed by atoms with Gasteiger partial charge < -0.3 is 9.72 Å². The Bertz CT molecular complexity index is 1510. The van der Waals surface area contributed by atoms with Crippen LogP contribution in [0.5, 0.6) is 5.75 Å². The van der Waals surface area contributed by atoms with Crippen molar-refractivity contribution in [2.75, 3.05) is 7.11 Å². The number of hydrogen-bond acceptors (Lipinski definition) is 1. The maximum absolute atomic E-state index is 5.61. The summed E-state index contributed by atoms with van der Waals surface area (Å²) in [6.07, 6.45) is 4.74. The van der Waals surface area contributed by atoms with E-state index in [4.69, 9.17) is 4.74 Å². The molecule has 6 rings (SSSR count). The molecule has 5 aromatic rings. The van der Waals surface area contributed by atoms with Crippen LogP contribution in [0.4, 0.5) is 0 Å². The van der Waals surface area contributed by atoms with Gasteiger partial charge in [-0.1, -0.05) is 97.1 Å². The van der Waals surface area contributed by atoms with E-state index in [2.05, 4.69) is 120 Å². The summed E-state index contributed by atoms with van der Waals surface area (Å²) in [6.45, 7) is 0. The lowest BCUT2D eigenvalue weighted by Gasteiger charge is -2.16. The molecule has 1 heterocycles. The lowest BCUT2D eigenvalue weighted by molar-refractivity contribution is 0.415. The summed E-state index contributed by atoms with van der Waals surface area (Å²) in [5.41, 5.74) is 9.63. The normalized spacial score (nSPS) is 15.3. The molecule has 2 heteroatoms. The minimum Gasteiger partial charge on any atom is -0.497 e. The monoisotopic (exact) mass is 439 g/mol. The first kappa shape index (κ1) is 20.3. The summed E-state index contributed by atoms with van der Waals surface area (Å²) in [5, 5.41) is 1.19. The molecule has 1 N–H and O–H groups in total. The highest BCUT2D eigenvalue weighted by Crippen LogP contribution is 2.44. The van der Waals surface area contributed by atoms with E-state index in [1.54, 1.807) is 7.11 Å². The summed E-state index contributed by atoms with van der Waals surface area (Å²) in [4.78, 5) is 3.77. The smallest absolute Gasteiger partial charge is 0.119 e. The predicted octanol–water partition coefficient (Wildman–Crippen LogP) is 7.84. The number of methoxy groups -OCH3 is 1. The summed E-state index contributed by atoms with van der Waals surface area (Å²) < 4.78 is 5.61. The summed E-state index contributed by atoms with van der Waals surface area (Å²) in [6, 6.07) is 38.4. The molecular weight excluding hydrogens is 414 g/mol. The number of hydrogen-bond donors (Lipinski definition) is 1. The fourth-order valence-corrected chi connectivity index (χ4v) is 4.97. The van der Waals surface area contributed by atoms with Crippen molar-refractivity contribution < 1.29 is 4.74 Å². The number of aromatic amines is 1. The van der Waals surface area contributed by atoms with Gasteiger partial charge in [-0.15, -0.1) is 0 Å². The van der Waals surface area contributed by atoms with Gasteiger partial charge in [-0.3, -0.25) is 0 Å². The van der Waals surface area contributed by atoms with Crippen LogP contribution >= 0.6 is 0 Å². The van der Waals surface area contributed by atoms with E-state index in [-0.39, 0.29) is 5.92 Å². The van der Waals surface area contributed by atoms with Crippen molar-refractivity contribution in [2.24, 2.45) is 0 Å². The Morgan fingerprint density at radius 1 is 0.706 bits per heavy atom. The predicted molar refractivity (Wildman–Crippen MR) is 141 cm³/mol. The molecule has 34 heavy (non-hydrogen) atoms. The molecule has 0 spiro atoms. The number of benzene rings is 4. The van der Waals surface area contributed by atoms with Crippen LogP contribution in [-0.2, 0) is 0 Å². The number of H-pyrrole nitrogens is 1. The SMILES string of the molecule is COc1ccc2[nH]c3c(c2c1)[C@H](c1ccccc1)C=C(c1ccccc1)C=C3c1ccccc1. The van der Waals surface area contributed by atoms with Gasteiger partial charge in [-0.05, 0) is 52.1 Å². The fraction of sp³-hybridized carbons (Fsp3) is 0.0625. The maximum Gasteiger partial charge on any atom is 0.119 e. The van der Waals surface area contributed by atoms with Gasteiger partial charge in [0, 0.05) is 22.4 Å². The Morgan fingerprint density at radius 2 is 1.35 bits per heavy atom. The van der Waals surface area contributed by atoms with Gasteiger partial charge in [0.25, 0.3) is 0 Å². The molecule has 0 unspecified atom stereocenters. The second-order valence-corrected chi connectivity index (χ2v) is 8.63. The third-order valence-electron chi connectivity index (χ3n) is 6.62. The lowest BCUT2D eigenvalue weighted by Crippen LogP contribution is -2.00. The fourth-order valence-electron chi connectivity index (χ4n) is 4.97. The Kier molecular flexibility index (Phi) is 5.12. The van der Waals surface area contributed by atoms with Crippen molar-refractivity contribution in [3.8, 4) is 5.75 Å². The molecule has 1 aromatic heterocycles. The number of ether oxygens (including phenoxy) is 1. The molecule has 1 aliphatic carbocycles. The van der Waals surface area contributed by atoms with Gasteiger partial charge in [0.15, 0.2) is 0 Å². The highest BCUT2D eigenvalue weighted by atomic mass is 16.5. The molecule has 1 atom stereocenters. The van der Waals surface area contributed by atoms with Crippen LogP contribution in [0.3, 0.4) is 0 Å².